The zero-order valence-electron chi connectivity index (χ0n) is 17.9. The number of aromatic hydroxyl groups is 1. The molecule has 1 aliphatic heterocycles. The van der Waals surface area contributed by atoms with E-state index in [2.05, 4.69) is 59.6 Å². The van der Waals surface area contributed by atoms with E-state index in [1.165, 1.54) is 22.3 Å². The number of hydrazone groups is 1. The topological polar surface area (TPSA) is 40.3 Å². The largest absolute Gasteiger partial charge is 0.507 e. The average molecular weight is 421 g/mol. The Morgan fingerprint density at radius 2 is 1.41 bits per heavy atom. The molecule has 0 amide bonds. The van der Waals surface area contributed by atoms with E-state index in [1.54, 1.807) is 11.0 Å². The molecule has 158 valence electrons. The van der Waals surface area contributed by atoms with Gasteiger partial charge in [0.2, 0.25) is 0 Å². The number of quaternary nitrogens is 1. The van der Waals surface area contributed by atoms with Gasteiger partial charge in [-0.1, -0.05) is 78.9 Å². The zero-order valence-corrected chi connectivity index (χ0v) is 17.9. The molecule has 1 heterocycles. The Morgan fingerprint density at radius 3 is 2.12 bits per heavy atom. The van der Waals surface area contributed by atoms with Crippen LogP contribution in [0.1, 0.15) is 22.7 Å². The minimum atomic E-state index is 0.274. The van der Waals surface area contributed by atoms with Gasteiger partial charge in [-0.3, -0.25) is 5.01 Å². The summed E-state index contributed by atoms with van der Waals surface area (Å²) in [6.45, 7) is 3.87. The predicted molar refractivity (Wildman–Crippen MR) is 129 cm³/mol. The Balaban J connectivity index is 1.22. The molecule has 4 aromatic rings. The first-order valence-electron chi connectivity index (χ1n) is 11.3. The summed E-state index contributed by atoms with van der Waals surface area (Å²) in [6, 6.07) is 29.9. The summed E-state index contributed by atoms with van der Waals surface area (Å²) in [5.41, 5.74) is 6.44. The number of benzene rings is 4. The molecule has 0 atom stereocenters. The summed E-state index contributed by atoms with van der Waals surface area (Å²) in [5, 5.41) is 19.4. The Morgan fingerprint density at radius 1 is 0.781 bits per heavy atom. The van der Waals surface area contributed by atoms with E-state index >= 15 is 0 Å². The number of hydrogen-bond acceptors (Lipinski definition) is 3. The third-order valence-electron chi connectivity index (χ3n) is 6.92. The van der Waals surface area contributed by atoms with Crippen LogP contribution in [-0.4, -0.2) is 42.5 Å². The molecule has 1 fully saturated rings. The first-order valence-corrected chi connectivity index (χ1v) is 11.3. The summed E-state index contributed by atoms with van der Waals surface area (Å²) in [4.78, 5) is 1.60. The molecule has 6 rings (SSSR count). The highest BCUT2D eigenvalue weighted by atomic mass is 16.3. The van der Waals surface area contributed by atoms with Crippen LogP contribution in [-0.2, 0) is 0 Å². The normalized spacial score (nSPS) is 16.6. The minimum Gasteiger partial charge on any atom is -0.507 e. The number of phenolic OH excluding ortho intramolecular Hbond substituents is 1. The first-order chi connectivity index (χ1) is 15.8. The smallest absolute Gasteiger partial charge is 0.140 e. The van der Waals surface area contributed by atoms with Crippen molar-refractivity contribution in [3.8, 4) is 16.9 Å². The summed E-state index contributed by atoms with van der Waals surface area (Å²) in [6.07, 6.45) is 1.82. The lowest BCUT2D eigenvalue weighted by Gasteiger charge is -2.34. The molecule has 0 bridgehead atoms. The highest BCUT2D eigenvalue weighted by Crippen LogP contribution is 2.41. The van der Waals surface area contributed by atoms with Crippen LogP contribution in [0.5, 0.6) is 5.75 Å². The van der Waals surface area contributed by atoms with E-state index in [1.807, 2.05) is 30.5 Å². The average Bonchev–Trinajstić information content (AvgIpc) is 3.18. The molecule has 2 aliphatic rings. The van der Waals surface area contributed by atoms with Crippen LogP contribution >= 0.6 is 0 Å². The Kier molecular flexibility index (Phi) is 4.66. The summed E-state index contributed by atoms with van der Waals surface area (Å²) in [7, 11) is 0. The quantitative estimate of drug-likeness (QED) is 0.494. The van der Waals surface area contributed by atoms with Crippen LogP contribution in [0, 0.1) is 0 Å². The monoisotopic (exact) mass is 420 g/mol. The maximum atomic E-state index is 10.4. The summed E-state index contributed by atoms with van der Waals surface area (Å²) in [5.74, 6) is 0.274. The number of fused-ring (bicyclic) bond motifs is 4. The number of hydrogen-bond donors (Lipinski definition) is 2. The lowest BCUT2D eigenvalue weighted by atomic mass is 10.0. The van der Waals surface area contributed by atoms with E-state index < -0.39 is 0 Å². The van der Waals surface area contributed by atoms with Crippen molar-refractivity contribution in [1.82, 2.24) is 5.01 Å². The van der Waals surface area contributed by atoms with Gasteiger partial charge in [-0.25, -0.2) is 0 Å². The Bertz CT molecular complexity index is 1280. The predicted octanol–water partition coefficient (Wildman–Crippen LogP) is 3.85. The molecule has 0 unspecified atom stereocenters. The van der Waals surface area contributed by atoms with Gasteiger partial charge in [-0.05, 0) is 28.0 Å². The third-order valence-corrected chi connectivity index (χ3v) is 6.92. The molecule has 1 saturated heterocycles. The van der Waals surface area contributed by atoms with E-state index in [0.29, 0.717) is 6.04 Å². The second kappa shape index (κ2) is 7.81. The van der Waals surface area contributed by atoms with Gasteiger partial charge in [0.25, 0.3) is 0 Å². The van der Waals surface area contributed by atoms with Gasteiger partial charge in [0, 0.05) is 16.7 Å². The highest BCUT2D eigenvalue weighted by Gasteiger charge is 2.37. The minimum absolute atomic E-state index is 0.274. The van der Waals surface area contributed by atoms with E-state index in [-0.39, 0.29) is 5.75 Å². The second-order valence-electron chi connectivity index (χ2n) is 8.68. The van der Waals surface area contributed by atoms with Gasteiger partial charge >= 0.3 is 0 Å². The van der Waals surface area contributed by atoms with Crippen molar-refractivity contribution in [2.24, 2.45) is 5.10 Å². The van der Waals surface area contributed by atoms with Gasteiger partial charge in [0.15, 0.2) is 0 Å². The molecule has 0 saturated carbocycles. The Labute approximate surface area is 188 Å². The number of piperazine rings is 1. The Hall–Kier alpha value is -3.63. The molecule has 0 radical (unpaired) electrons. The molecule has 32 heavy (non-hydrogen) atoms. The zero-order chi connectivity index (χ0) is 21.5. The van der Waals surface area contributed by atoms with E-state index in [4.69, 9.17) is 5.10 Å². The number of rotatable bonds is 3. The molecular formula is C28H26N3O+. The third kappa shape index (κ3) is 3.15. The van der Waals surface area contributed by atoms with Crippen molar-refractivity contribution in [2.75, 3.05) is 26.2 Å². The number of nitrogens with zero attached hydrogens (tertiary/aromatic N) is 2. The number of nitrogens with one attached hydrogen (secondary N) is 1. The standard InChI is InChI=1S/C28H25N3O/c32-27-14-13-20-7-1-2-8-21(20)26(27)19-29-31-17-15-30(16-18-31)28-24-11-5-3-9-22(24)23-10-4-6-12-25(23)28/h1-14,19,28,32H,15-18H2/p+1/b29-19+. The van der Waals surface area contributed by atoms with Crippen LogP contribution in [0.15, 0.2) is 90.0 Å². The lowest BCUT2D eigenvalue weighted by Crippen LogP contribution is -3.14. The van der Waals surface area contributed by atoms with Crippen LogP contribution in [0.3, 0.4) is 0 Å². The molecule has 1 aliphatic carbocycles. The van der Waals surface area contributed by atoms with Crippen LogP contribution in [0.4, 0.5) is 0 Å². The maximum absolute atomic E-state index is 10.4. The molecule has 2 N–H and O–H groups in total. The van der Waals surface area contributed by atoms with Crippen LogP contribution < -0.4 is 4.90 Å². The van der Waals surface area contributed by atoms with Crippen molar-refractivity contribution in [3.63, 3.8) is 0 Å². The fraction of sp³-hybridized carbons (Fsp3) is 0.179. The second-order valence-corrected chi connectivity index (χ2v) is 8.68. The fourth-order valence-corrected chi connectivity index (χ4v) is 5.34. The van der Waals surface area contributed by atoms with Crippen molar-refractivity contribution in [1.29, 1.82) is 0 Å². The van der Waals surface area contributed by atoms with E-state index in [9.17, 15) is 5.11 Å². The van der Waals surface area contributed by atoms with Crippen molar-refractivity contribution in [2.45, 2.75) is 6.04 Å². The van der Waals surface area contributed by atoms with Crippen molar-refractivity contribution >= 4 is 17.0 Å². The lowest BCUT2D eigenvalue weighted by molar-refractivity contribution is -0.929. The first kappa shape index (κ1) is 19.1. The molecule has 4 heteroatoms. The van der Waals surface area contributed by atoms with E-state index in [0.717, 1.165) is 42.5 Å². The highest BCUT2D eigenvalue weighted by molar-refractivity contribution is 6.02. The fourth-order valence-electron chi connectivity index (χ4n) is 5.34. The maximum Gasteiger partial charge on any atom is 0.140 e. The van der Waals surface area contributed by atoms with Crippen molar-refractivity contribution < 1.29 is 10.0 Å². The molecule has 0 spiro atoms. The summed E-state index contributed by atoms with van der Waals surface area (Å²) < 4.78 is 0. The molecule has 0 aromatic heterocycles. The SMILES string of the molecule is Oc1ccc2ccccc2c1/C=N/N1CC[NH+](C2c3ccccc3-c3ccccc32)CC1. The van der Waals surface area contributed by atoms with Gasteiger partial charge in [0.05, 0.1) is 32.4 Å². The van der Waals surface area contributed by atoms with Gasteiger partial charge < -0.3 is 10.0 Å². The van der Waals surface area contributed by atoms with Crippen LogP contribution in [0.25, 0.3) is 21.9 Å². The van der Waals surface area contributed by atoms with Gasteiger partial charge in [-0.15, -0.1) is 0 Å². The molecule has 4 nitrogen and oxygen atoms in total. The summed E-state index contributed by atoms with van der Waals surface area (Å²) >= 11 is 0. The van der Waals surface area contributed by atoms with Crippen LogP contribution in [0.2, 0.25) is 0 Å². The number of phenols is 1. The molecular weight excluding hydrogens is 394 g/mol. The van der Waals surface area contributed by atoms with Gasteiger partial charge in [0.1, 0.15) is 11.8 Å². The van der Waals surface area contributed by atoms with Gasteiger partial charge in [-0.2, -0.15) is 5.10 Å². The van der Waals surface area contributed by atoms with Crippen molar-refractivity contribution in [3.05, 3.63) is 102 Å². The molecule has 4 aromatic carbocycles.